The van der Waals surface area contributed by atoms with Crippen molar-refractivity contribution >= 4 is 11.8 Å². The number of amides is 2. The second kappa shape index (κ2) is 9.04. The molecule has 6 nitrogen and oxygen atoms in total. The molecule has 1 saturated heterocycles. The fraction of sp³-hybridized carbons (Fsp3) is 0.524. The van der Waals surface area contributed by atoms with Gasteiger partial charge in [-0.2, -0.15) is 5.10 Å². The number of nitrogens with zero attached hydrogens (tertiary/aromatic N) is 3. The summed E-state index contributed by atoms with van der Waals surface area (Å²) in [6.07, 6.45) is 2.94. The number of aliphatic hydroxyl groups is 1. The molecule has 0 unspecified atom stereocenters. The number of nitrogens with one attached hydrogen (secondary N) is 1. The van der Waals surface area contributed by atoms with E-state index in [1.165, 1.54) is 0 Å². The molecule has 2 N–H and O–H groups in total. The summed E-state index contributed by atoms with van der Waals surface area (Å²) >= 11 is 0. The number of likely N-dealkylation sites (tertiary alicyclic amines) is 1. The SMILES string of the molecule is CCCn1nc(C)cc1NC(=O)N1CCC([C@@H](O)Cc2ccccc2)CC1. The highest BCUT2D eigenvalue weighted by Crippen LogP contribution is 2.24. The number of aryl methyl sites for hydroxylation is 2. The summed E-state index contributed by atoms with van der Waals surface area (Å²) in [6.45, 7) is 6.15. The lowest BCUT2D eigenvalue weighted by molar-refractivity contribution is 0.0689. The molecule has 0 saturated carbocycles. The van der Waals surface area contributed by atoms with Crippen molar-refractivity contribution in [1.82, 2.24) is 14.7 Å². The number of urea groups is 1. The first-order chi connectivity index (χ1) is 13.1. The number of aromatic nitrogens is 2. The van der Waals surface area contributed by atoms with Gasteiger partial charge in [0.15, 0.2) is 0 Å². The summed E-state index contributed by atoms with van der Waals surface area (Å²) in [7, 11) is 0. The van der Waals surface area contributed by atoms with E-state index >= 15 is 0 Å². The van der Waals surface area contributed by atoms with Crippen LogP contribution in [-0.2, 0) is 13.0 Å². The second-order valence-corrected chi connectivity index (χ2v) is 7.41. The van der Waals surface area contributed by atoms with Gasteiger partial charge in [-0.05, 0) is 44.1 Å². The van der Waals surface area contributed by atoms with Crippen LogP contribution < -0.4 is 5.32 Å². The van der Waals surface area contributed by atoms with Gasteiger partial charge >= 0.3 is 6.03 Å². The van der Waals surface area contributed by atoms with Crippen LogP contribution in [0.5, 0.6) is 0 Å². The summed E-state index contributed by atoms with van der Waals surface area (Å²) < 4.78 is 1.85. The van der Waals surface area contributed by atoms with Crippen molar-refractivity contribution in [1.29, 1.82) is 0 Å². The maximum atomic E-state index is 12.6. The van der Waals surface area contributed by atoms with Gasteiger partial charge in [-0.15, -0.1) is 0 Å². The van der Waals surface area contributed by atoms with Gasteiger partial charge in [-0.3, -0.25) is 5.32 Å². The maximum Gasteiger partial charge on any atom is 0.322 e. The van der Waals surface area contributed by atoms with Crippen molar-refractivity contribution < 1.29 is 9.90 Å². The van der Waals surface area contributed by atoms with Crippen molar-refractivity contribution in [2.45, 2.75) is 52.2 Å². The Balaban J connectivity index is 1.50. The third kappa shape index (κ3) is 5.10. The first kappa shape index (κ1) is 19.4. The Morgan fingerprint density at radius 1 is 1.30 bits per heavy atom. The molecule has 146 valence electrons. The molecule has 0 aliphatic carbocycles. The molecule has 1 aromatic heterocycles. The van der Waals surface area contributed by atoms with Crippen molar-refractivity contribution in [2.24, 2.45) is 5.92 Å². The third-order valence-electron chi connectivity index (χ3n) is 5.23. The number of aliphatic hydroxyl groups excluding tert-OH is 1. The first-order valence-corrected chi connectivity index (χ1v) is 9.89. The lowest BCUT2D eigenvalue weighted by atomic mass is 9.88. The van der Waals surface area contributed by atoms with Gasteiger partial charge in [0.2, 0.25) is 0 Å². The highest BCUT2D eigenvalue weighted by molar-refractivity contribution is 5.88. The molecule has 1 atom stereocenters. The average Bonchev–Trinajstić information content (AvgIpc) is 3.02. The predicted octanol–water partition coefficient (Wildman–Crippen LogP) is 3.45. The second-order valence-electron chi connectivity index (χ2n) is 7.41. The fourth-order valence-electron chi connectivity index (χ4n) is 3.73. The average molecular weight is 370 g/mol. The largest absolute Gasteiger partial charge is 0.392 e. The number of benzene rings is 1. The van der Waals surface area contributed by atoms with Crippen LogP contribution in [0, 0.1) is 12.8 Å². The molecular formula is C21H30N4O2. The molecule has 6 heteroatoms. The van der Waals surface area contributed by atoms with Crippen molar-refractivity contribution in [3.8, 4) is 0 Å². The molecule has 1 aliphatic rings. The summed E-state index contributed by atoms with van der Waals surface area (Å²) in [4.78, 5) is 14.4. The minimum Gasteiger partial charge on any atom is -0.392 e. The highest BCUT2D eigenvalue weighted by Gasteiger charge is 2.28. The van der Waals surface area contributed by atoms with Crippen molar-refractivity contribution in [3.63, 3.8) is 0 Å². The Bertz CT molecular complexity index is 736. The van der Waals surface area contributed by atoms with E-state index in [0.29, 0.717) is 19.5 Å². The van der Waals surface area contributed by atoms with E-state index in [2.05, 4.69) is 17.3 Å². The Morgan fingerprint density at radius 2 is 2.00 bits per heavy atom. The Labute approximate surface area is 161 Å². The van der Waals surface area contributed by atoms with E-state index in [9.17, 15) is 9.90 Å². The van der Waals surface area contributed by atoms with Gasteiger partial charge in [0.05, 0.1) is 11.8 Å². The van der Waals surface area contributed by atoms with Crippen LogP contribution in [0.4, 0.5) is 10.6 Å². The number of hydrogen-bond acceptors (Lipinski definition) is 3. The number of rotatable bonds is 6. The molecule has 3 rings (SSSR count). The van der Waals surface area contributed by atoms with E-state index in [1.54, 1.807) is 0 Å². The first-order valence-electron chi connectivity index (χ1n) is 9.89. The number of piperidine rings is 1. The normalized spacial score (nSPS) is 16.3. The van der Waals surface area contributed by atoms with Crippen molar-refractivity contribution in [2.75, 3.05) is 18.4 Å². The van der Waals surface area contributed by atoms with Gasteiger partial charge in [-0.25, -0.2) is 9.48 Å². The van der Waals surface area contributed by atoms with Gasteiger partial charge in [0, 0.05) is 25.7 Å². The molecule has 0 spiro atoms. The van der Waals surface area contributed by atoms with Gasteiger partial charge in [-0.1, -0.05) is 37.3 Å². The summed E-state index contributed by atoms with van der Waals surface area (Å²) in [5, 5.41) is 18.0. The molecule has 2 amide bonds. The zero-order chi connectivity index (χ0) is 19.2. The smallest absolute Gasteiger partial charge is 0.322 e. The van der Waals surface area contributed by atoms with Crippen LogP contribution in [0.2, 0.25) is 0 Å². The molecule has 1 fully saturated rings. The molecule has 0 bridgehead atoms. The van der Waals surface area contributed by atoms with E-state index in [1.807, 2.05) is 52.9 Å². The van der Waals surface area contributed by atoms with Crippen LogP contribution in [0.15, 0.2) is 36.4 Å². The van der Waals surface area contributed by atoms with E-state index in [0.717, 1.165) is 42.9 Å². The minimum atomic E-state index is -0.355. The number of carbonyl (C=O) groups excluding carboxylic acids is 1. The summed E-state index contributed by atoms with van der Waals surface area (Å²) in [5.74, 6) is 0.993. The topological polar surface area (TPSA) is 70.4 Å². The Kier molecular flexibility index (Phi) is 6.50. The number of anilines is 1. The zero-order valence-corrected chi connectivity index (χ0v) is 16.3. The minimum absolute atomic E-state index is 0.0803. The summed E-state index contributed by atoms with van der Waals surface area (Å²) in [6, 6.07) is 11.9. The van der Waals surface area contributed by atoms with E-state index < -0.39 is 0 Å². The fourth-order valence-corrected chi connectivity index (χ4v) is 3.73. The molecule has 27 heavy (non-hydrogen) atoms. The van der Waals surface area contributed by atoms with Gasteiger partial charge < -0.3 is 10.0 Å². The van der Waals surface area contributed by atoms with Crippen LogP contribution in [0.1, 0.15) is 37.4 Å². The van der Waals surface area contributed by atoms with Crippen LogP contribution >= 0.6 is 0 Å². The third-order valence-corrected chi connectivity index (χ3v) is 5.23. The standard InChI is InChI=1S/C21H30N4O2/c1-3-11-25-20(14-16(2)23-25)22-21(27)24-12-9-18(10-13-24)19(26)15-17-7-5-4-6-8-17/h4-8,14,18-19,26H,3,9-13,15H2,1-2H3,(H,22,27)/t19-/m0/s1. The van der Waals surface area contributed by atoms with E-state index in [-0.39, 0.29) is 18.1 Å². The Morgan fingerprint density at radius 3 is 2.67 bits per heavy atom. The lowest BCUT2D eigenvalue weighted by Crippen LogP contribution is -2.43. The summed E-state index contributed by atoms with van der Waals surface area (Å²) in [5.41, 5.74) is 2.06. The van der Waals surface area contributed by atoms with Crippen LogP contribution in [0.3, 0.4) is 0 Å². The predicted molar refractivity (Wildman–Crippen MR) is 107 cm³/mol. The number of carbonyl (C=O) groups is 1. The quantitative estimate of drug-likeness (QED) is 0.818. The maximum absolute atomic E-state index is 12.6. The van der Waals surface area contributed by atoms with Gasteiger partial charge in [0.25, 0.3) is 0 Å². The molecule has 1 aliphatic heterocycles. The Hall–Kier alpha value is -2.34. The molecule has 0 radical (unpaired) electrons. The van der Waals surface area contributed by atoms with E-state index in [4.69, 9.17) is 0 Å². The monoisotopic (exact) mass is 370 g/mol. The number of hydrogen-bond donors (Lipinski definition) is 2. The lowest BCUT2D eigenvalue weighted by Gasteiger charge is -2.34. The van der Waals surface area contributed by atoms with Gasteiger partial charge in [0.1, 0.15) is 5.82 Å². The van der Waals surface area contributed by atoms with Crippen molar-refractivity contribution in [3.05, 3.63) is 47.7 Å². The zero-order valence-electron chi connectivity index (χ0n) is 16.3. The molecule has 2 heterocycles. The molecule has 2 aromatic rings. The molecular weight excluding hydrogens is 340 g/mol. The van der Waals surface area contributed by atoms with Crippen LogP contribution in [0.25, 0.3) is 0 Å². The molecule has 1 aromatic carbocycles. The highest BCUT2D eigenvalue weighted by atomic mass is 16.3. The van der Waals surface area contributed by atoms with Crippen LogP contribution in [-0.4, -0.2) is 45.0 Å².